The van der Waals surface area contributed by atoms with Crippen LogP contribution >= 0.6 is 11.8 Å². The summed E-state index contributed by atoms with van der Waals surface area (Å²) in [6.07, 6.45) is 3.13. The van der Waals surface area contributed by atoms with Crippen LogP contribution in [-0.2, 0) is 6.42 Å². The molecule has 0 spiro atoms. The first-order chi connectivity index (χ1) is 11.7. The van der Waals surface area contributed by atoms with Crippen molar-refractivity contribution in [2.45, 2.75) is 25.5 Å². The van der Waals surface area contributed by atoms with E-state index in [9.17, 15) is 0 Å². The van der Waals surface area contributed by atoms with Gasteiger partial charge in [0.25, 0.3) is 0 Å². The van der Waals surface area contributed by atoms with Crippen LogP contribution < -0.4 is 5.32 Å². The number of hydrogen-bond donors (Lipinski definition) is 2. The molecule has 0 bridgehead atoms. The van der Waals surface area contributed by atoms with Crippen LogP contribution in [0.3, 0.4) is 0 Å². The second-order valence-corrected chi connectivity index (χ2v) is 8.03. The summed E-state index contributed by atoms with van der Waals surface area (Å²) < 4.78 is 0. The van der Waals surface area contributed by atoms with Crippen molar-refractivity contribution >= 4 is 28.6 Å². The maximum absolute atomic E-state index is 4.50. The van der Waals surface area contributed by atoms with Gasteiger partial charge in [0.2, 0.25) is 0 Å². The molecular formula is C19H28N4S. The van der Waals surface area contributed by atoms with Gasteiger partial charge < -0.3 is 15.2 Å². The molecule has 1 unspecified atom stereocenters. The van der Waals surface area contributed by atoms with E-state index in [0.717, 1.165) is 32.0 Å². The molecule has 2 N–H and O–H groups in total. The number of rotatable bonds is 4. The van der Waals surface area contributed by atoms with E-state index in [-0.39, 0.29) is 0 Å². The zero-order chi connectivity index (χ0) is 16.9. The molecule has 24 heavy (non-hydrogen) atoms. The molecule has 0 amide bonds. The summed E-state index contributed by atoms with van der Waals surface area (Å²) in [5, 5.41) is 5.58. The molecule has 130 valence electrons. The summed E-state index contributed by atoms with van der Waals surface area (Å²) in [6.45, 7) is 7.71. The fourth-order valence-corrected chi connectivity index (χ4v) is 4.55. The predicted molar refractivity (Wildman–Crippen MR) is 106 cm³/mol. The Morgan fingerprint density at radius 1 is 1.42 bits per heavy atom. The van der Waals surface area contributed by atoms with Crippen LogP contribution in [0.25, 0.3) is 10.9 Å². The number of nitrogens with one attached hydrogen (secondary N) is 2. The number of hydrogen-bond acceptors (Lipinski definition) is 2. The fraction of sp³-hybridized carbons (Fsp3) is 0.526. The molecule has 1 aliphatic rings. The van der Waals surface area contributed by atoms with Gasteiger partial charge in [0.15, 0.2) is 5.96 Å². The predicted octanol–water partition coefficient (Wildman–Crippen LogP) is 3.36. The first kappa shape index (κ1) is 17.2. The van der Waals surface area contributed by atoms with E-state index in [1.165, 1.54) is 22.2 Å². The average Bonchev–Trinajstić information content (AvgIpc) is 3.02. The second kappa shape index (κ2) is 7.97. The second-order valence-electron chi connectivity index (χ2n) is 6.68. The van der Waals surface area contributed by atoms with Crippen LogP contribution in [0.2, 0.25) is 0 Å². The van der Waals surface area contributed by atoms with Crippen molar-refractivity contribution in [2.24, 2.45) is 10.9 Å². The number of H-pyrrole nitrogens is 1. The third-order valence-corrected chi connectivity index (χ3v) is 6.24. The smallest absolute Gasteiger partial charge is 0.193 e. The zero-order valence-electron chi connectivity index (χ0n) is 14.9. The maximum Gasteiger partial charge on any atom is 0.193 e. The van der Waals surface area contributed by atoms with Crippen LogP contribution in [0.1, 0.15) is 19.4 Å². The lowest BCUT2D eigenvalue weighted by Gasteiger charge is -2.36. The normalized spacial score (nSPS) is 19.2. The lowest BCUT2D eigenvalue weighted by molar-refractivity contribution is 0.381. The van der Waals surface area contributed by atoms with E-state index in [0.29, 0.717) is 11.2 Å². The summed E-state index contributed by atoms with van der Waals surface area (Å²) in [7, 11) is 1.89. The number of aliphatic imine (C=N–C) groups is 1. The number of para-hydroxylation sites is 1. The number of benzene rings is 1. The topological polar surface area (TPSA) is 43.4 Å². The lowest BCUT2D eigenvalue weighted by Crippen LogP contribution is -2.49. The molecular weight excluding hydrogens is 316 g/mol. The fourth-order valence-electron chi connectivity index (χ4n) is 3.25. The SMILES string of the molecule is CN=C(NCCc1c[nH]c2ccccc12)N1CCSC(C(C)C)C1. The first-order valence-corrected chi connectivity index (χ1v) is 9.86. The Bertz CT molecular complexity index is 691. The average molecular weight is 345 g/mol. The minimum absolute atomic E-state index is 0.700. The van der Waals surface area contributed by atoms with Gasteiger partial charge in [-0.15, -0.1) is 0 Å². The van der Waals surface area contributed by atoms with Crippen molar-refractivity contribution in [3.8, 4) is 0 Å². The molecule has 1 aromatic carbocycles. The number of fused-ring (bicyclic) bond motifs is 1. The molecule has 0 aliphatic carbocycles. The monoisotopic (exact) mass is 344 g/mol. The molecule has 0 radical (unpaired) electrons. The third-order valence-electron chi connectivity index (χ3n) is 4.70. The van der Waals surface area contributed by atoms with Gasteiger partial charge in [-0.1, -0.05) is 32.0 Å². The number of aromatic amines is 1. The molecule has 1 saturated heterocycles. The van der Waals surface area contributed by atoms with Gasteiger partial charge in [-0.2, -0.15) is 11.8 Å². The van der Waals surface area contributed by atoms with Crippen molar-refractivity contribution in [1.82, 2.24) is 15.2 Å². The summed E-state index contributed by atoms with van der Waals surface area (Å²) in [5.74, 6) is 2.94. The standard InChI is InChI=1S/C19H28N4S/c1-14(2)18-13-23(10-11-24-18)19(20-3)21-9-8-15-12-22-17-7-5-4-6-16(15)17/h4-7,12,14,18,22H,8-11,13H2,1-3H3,(H,20,21). The van der Waals surface area contributed by atoms with Crippen molar-refractivity contribution in [3.05, 3.63) is 36.0 Å². The number of nitrogens with zero attached hydrogens (tertiary/aromatic N) is 2. The molecule has 1 atom stereocenters. The Kier molecular flexibility index (Phi) is 5.72. The van der Waals surface area contributed by atoms with Gasteiger partial charge in [-0.05, 0) is 24.0 Å². The highest BCUT2D eigenvalue weighted by Crippen LogP contribution is 2.25. The van der Waals surface area contributed by atoms with Gasteiger partial charge in [0.1, 0.15) is 0 Å². The molecule has 2 heterocycles. The van der Waals surface area contributed by atoms with Crippen LogP contribution in [0, 0.1) is 5.92 Å². The Morgan fingerprint density at radius 2 is 2.25 bits per heavy atom. The lowest BCUT2D eigenvalue weighted by atomic mass is 10.1. The molecule has 0 saturated carbocycles. The summed E-state index contributed by atoms with van der Waals surface area (Å²) >= 11 is 2.10. The Labute approximate surface area is 149 Å². The molecule has 2 aromatic rings. The molecule has 5 heteroatoms. The zero-order valence-corrected chi connectivity index (χ0v) is 15.7. The van der Waals surface area contributed by atoms with Gasteiger partial charge >= 0.3 is 0 Å². The first-order valence-electron chi connectivity index (χ1n) is 8.81. The highest BCUT2D eigenvalue weighted by Gasteiger charge is 2.24. The van der Waals surface area contributed by atoms with E-state index in [2.05, 4.69) is 76.3 Å². The summed E-state index contributed by atoms with van der Waals surface area (Å²) in [6, 6.07) is 8.49. The maximum atomic E-state index is 4.50. The summed E-state index contributed by atoms with van der Waals surface area (Å²) in [5.41, 5.74) is 2.58. The van der Waals surface area contributed by atoms with Crippen molar-refractivity contribution in [3.63, 3.8) is 0 Å². The van der Waals surface area contributed by atoms with Gasteiger partial charge in [0, 0.05) is 54.8 Å². The summed E-state index contributed by atoms with van der Waals surface area (Å²) in [4.78, 5) is 10.3. The van der Waals surface area contributed by atoms with Crippen molar-refractivity contribution < 1.29 is 0 Å². The van der Waals surface area contributed by atoms with E-state index in [4.69, 9.17) is 0 Å². The van der Waals surface area contributed by atoms with Gasteiger partial charge in [-0.3, -0.25) is 4.99 Å². The minimum Gasteiger partial charge on any atom is -0.361 e. The van der Waals surface area contributed by atoms with Crippen molar-refractivity contribution in [1.29, 1.82) is 0 Å². The highest BCUT2D eigenvalue weighted by molar-refractivity contribution is 8.00. The van der Waals surface area contributed by atoms with E-state index >= 15 is 0 Å². The third kappa shape index (κ3) is 3.89. The number of guanidine groups is 1. The molecule has 4 nitrogen and oxygen atoms in total. The number of thioether (sulfide) groups is 1. The number of aromatic nitrogens is 1. The Balaban J connectivity index is 1.56. The van der Waals surface area contributed by atoms with Crippen LogP contribution in [-0.4, -0.2) is 53.5 Å². The molecule has 3 rings (SSSR count). The largest absolute Gasteiger partial charge is 0.361 e. The minimum atomic E-state index is 0.700. The van der Waals surface area contributed by atoms with E-state index in [1.807, 2.05) is 7.05 Å². The molecule has 1 aromatic heterocycles. The van der Waals surface area contributed by atoms with Crippen LogP contribution in [0.15, 0.2) is 35.5 Å². The van der Waals surface area contributed by atoms with Crippen LogP contribution in [0.4, 0.5) is 0 Å². The highest BCUT2D eigenvalue weighted by atomic mass is 32.2. The quantitative estimate of drug-likeness (QED) is 0.660. The molecule has 1 fully saturated rings. The molecule has 1 aliphatic heterocycles. The van der Waals surface area contributed by atoms with Crippen molar-refractivity contribution in [2.75, 3.05) is 32.4 Å². The van der Waals surface area contributed by atoms with E-state index in [1.54, 1.807) is 0 Å². The Morgan fingerprint density at radius 3 is 3.04 bits per heavy atom. The van der Waals surface area contributed by atoms with E-state index < -0.39 is 0 Å². The van der Waals surface area contributed by atoms with Crippen LogP contribution in [0.5, 0.6) is 0 Å². The van der Waals surface area contributed by atoms with Gasteiger partial charge in [0.05, 0.1) is 0 Å². The Hall–Kier alpha value is -1.62. The van der Waals surface area contributed by atoms with Gasteiger partial charge in [-0.25, -0.2) is 0 Å².